The van der Waals surface area contributed by atoms with Crippen molar-refractivity contribution in [3.63, 3.8) is 0 Å². The maximum Gasteiger partial charge on any atom is 0.210 e. The second-order valence-electron chi connectivity index (χ2n) is 4.09. The Hall–Kier alpha value is -1.49. The molecule has 0 radical (unpaired) electrons. The quantitative estimate of drug-likeness (QED) is 0.805. The van der Waals surface area contributed by atoms with E-state index in [1.54, 1.807) is 11.8 Å². The Kier molecular flexibility index (Phi) is 4.19. The van der Waals surface area contributed by atoms with Crippen LogP contribution in [-0.2, 0) is 6.54 Å². The summed E-state index contributed by atoms with van der Waals surface area (Å²) < 4.78 is 25.5. The molecule has 108 valence electrons. The number of hydrogen-bond donors (Lipinski definition) is 0. The van der Waals surface area contributed by atoms with E-state index in [9.17, 15) is 4.39 Å². The summed E-state index contributed by atoms with van der Waals surface area (Å²) in [7, 11) is 0. The predicted molar refractivity (Wildman–Crippen MR) is 81.8 cm³/mol. The van der Waals surface area contributed by atoms with Gasteiger partial charge in [0.15, 0.2) is 11.0 Å². The van der Waals surface area contributed by atoms with E-state index in [2.05, 4.69) is 15.3 Å². The van der Waals surface area contributed by atoms with Gasteiger partial charge in [0.2, 0.25) is 4.80 Å². The van der Waals surface area contributed by atoms with Crippen LogP contribution in [0.2, 0.25) is 5.02 Å². The molecule has 1 aliphatic rings. The van der Waals surface area contributed by atoms with E-state index in [0.29, 0.717) is 10.6 Å². The van der Waals surface area contributed by atoms with Crippen LogP contribution < -0.4 is 9.54 Å². The number of nitrogens with zero attached hydrogens (tertiary/aromatic N) is 3. The van der Waals surface area contributed by atoms with Gasteiger partial charge in [0, 0.05) is 29.9 Å². The summed E-state index contributed by atoms with van der Waals surface area (Å²) in [5, 5.41) is 1.08. The molecule has 2 heterocycles. The first-order valence-corrected chi connectivity index (χ1v) is 8.12. The van der Waals surface area contributed by atoms with Gasteiger partial charge in [-0.2, -0.15) is 4.37 Å². The topological polar surface area (TPSA) is 39.4 Å². The summed E-state index contributed by atoms with van der Waals surface area (Å²) in [4.78, 5) is 4.97. The first kappa shape index (κ1) is 14.4. The number of fused-ring (bicyclic) bond motifs is 1. The molecule has 0 unspecified atom stereocenters. The first-order valence-electron chi connectivity index (χ1n) is 5.98. The molecule has 1 aromatic carbocycles. The van der Waals surface area contributed by atoms with Crippen LogP contribution in [0, 0.1) is 18.2 Å². The second-order valence-corrected chi connectivity index (χ2v) is 6.29. The van der Waals surface area contributed by atoms with Crippen molar-refractivity contribution in [2.24, 2.45) is 4.99 Å². The van der Waals surface area contributed by atoms with Crippen LogP contribution in [0.4, 0.5) is 10.1 Å². The average molecular weight is 342 g/mol. The molecule has 2 aromatic rings. The van der Waals surface area contributed by atoms with Gasteiger partial charge in [-0.3, -0.25) is 4.57 Å². The van der Waals surface area contributed by atoms with Crippen LogP contribution in [0.5, 0.6) is 5.75 Å². The smallest absolute Gasteiger partial charge is 0.210 e. The summed E-state index contributed by atoms with van der Waals surface area (Å²) in [6.07, 6.45) is 5.14. The lowest BCUT2D eigenvalue weighted by atomic mass is 10.3. The molecule has 0 spiro atoms. The highest BCUT2D eigenvalue weighted by Crippen LogP contribution is 2.32. The Morgan fingerprint density at radius 3 is 3.24 bits per heavy atom. The van der Waals surface area contributed by atoms with E-state index in [-0.39, 0.29) is 17.3 Å². The summed E-state index contributed by atoms with van der Waals surface area (Å²) in [5.41, 5.74) is 0.155. The van der Waals surface area contributed by atoms with Crippen LogP contribution in [0.15, 0.2) is 22.3 Å². The zero-order chi connectivity index (χ0) is 14.8. The monoisotopic (exact) mass is 341 g/mol. The van der Waals surface area contributed by atoms with Gasteiger partial charge in [-0.05, 0) is 6.07 Å². The van der Waals surface area contributed by atoms with Crippen molar-refractivity contribution in [1.82, 2.24) is 8.94 Å². The minimum absolute atomic E-state index is 0.0616. The molecule has 0 amide bonds. The number of halogens is 2. The van der Waals surface area contributed by atoms with Crippen molar-refractivity contribution in [2.75, 3.05) is 12.4 Å². The lowest BCUT2D eigenvalue weighted by Crippen LogP contribution is -2.12. The van der Waals surface area contributed by atoms with Crippen molar-refractivity contribution < 1.29 is 9.13 Å². The lowest BCUT2D eigenvalue weighted by molar-refractivity contribution is 0.370. The fraction of sp³-hybridized carbons (Fsp3) is 0.231. The summed E-state index contributed by atoms with van der Waals surface area (Å²) in [5.74, 6) is 3.10. The third-order valence-electron chi connectivity index (χ3n) is 2.74. The van der Waals surface area contributed by atoms with E-state index < -0.39 is 5.82 Å². The Morgan fingerprint density at radius 2 is 2.43 bits per heavy atom. The molecular formula is C13H9ClFN3OS2. The van der Waals surface area contributed by atoms with Crippen molar-refractivity contribution >= 4 is 40.6 Å². The van der Waals surface area contributed by atoms with Crippen LogP contribution in [0.25, 0.3) is 0 Å². The Balaban J connectivity index is 2.04. The van der Waals surface area contributed by atoms with E-state index >= 15 is 0 Å². The fourth-order valence-corrected chi connectivity index (χ4v) is 3.85. The predicted octanol–water partition coefficient (Wildman–Crippen LogP) is 3.09. The molecule has 0 saturated carbocycles. The van der Waals surface area contributed by atoms with Gasteiger partial charge < -0.3 is 4.74 Å². The van der Waals surface area contributed by atoms with E-state index in [1.165, 1.54) is 23.7 Å². The summed E-state index contributed by atoms with van der Waals surface area (Å²) in [6.45, 7) is 0.886. The minimum atomic E-state index is -0.513. The number of aromatic nitrogens is 2. The minimum Gasteiger partial charge on any atom is -0.479 e. The molecule has 8 heteroatoms. The number of thioether (sulfide) groups is 1. The standard InChI is InChI=1S/C13H9ClFN3OS2/c1-2-4-19-11-7-10(9(15)6-8(11)14)16-12-18-3-5-20-13(18)17-21-12/h1,6-7H,3-5H2. The van der Waals surface area contributed by atoms with Gasteiger partial charge in [-0.25, -0.2) is 9.38 Å². The van der Waals surface area contributed by atoms with Gasteiger partial charge in [-0.15, -0.1) is 6.42 Å². The van der Waals surface area contributed by atoms with Gasteiger partial charge in [0.25, 0.3) is 0 Å². The van der Waals surface area contributed by atoms with Crippen molar-refractivity contribution in [3.8, 4) is 18.1 Å². The second kappa shape index (κ2) is 6.10. The van der Waals surface area contributed by atoms with Crippen LogP contribution in [0.3, 0.4) is 0 Å². The third kappa shape index (κ3) is 2.93. The molecule has 1 aliphatic heterocycles. The normalized spacial score (nSPS) is 14.0. The van der Waals surface area contributed by atoms with Crippen LogP contribution in [-0.4, -0.2) is 21.3 Å². The molecule has 1 aromatic heterocycles. The largest absolute Gasteiger partial charge is 0.479 e. The molecule has 21 heavy (non-hydrogen) atoms. The van der Waals surface area contributed by atoms with Crippen LogP contribution in [0.1, 0.15) is 0 Å². The maximum absolute atomic E-state index is 14.0. The molecule has 0 fully saturated rings. The molecular weight excluding hydrogens is 333 g/mol. The number of benzene rings is 1. The highest BCUT2D eigenvalue weighted by molar-refractivity contribution is 7.99. The van der Waals surface area contributed by atoms with Gasteiger partial charge in [0.1, 0.15) is 18.0 Å². The zero-order valence-electron chi connectivity index (χ0n) is 10.7. The van der Waals surface area contributed by atoms with Gasteiger partial charge >= 0.3 is 0 Å². The summed E-state index contributed by atoms with van der Waals surface area (Å²) in [6, 6.07) is 2.62. The Morgan fingerprint density at radius 1 is 1.57 bits per heavy atom. The average Bonchev–Trinajstić information content (AvgIpc) is 3.05. The highest BCUT2D eigenvalue weighted by Gasteiger charge is 2.15. The highest BCUT2D eigenvalue weighted by atomic mass is 35.5. The van der Waals surface area contributed by atoms with Crippen molar-refractivity contribution in [2.45, 2.75) is 11.7 Å². The number of ether oxygens (including phenoxy) is 1. The van der Waals surface area contributed by atoms with Crippen molar-refractivity contribution in [1.29, 1.82) is 0 Å². The number of rotatable bonds is 3. The SMILES string of the molecule is C#CCOc1cc(N=c2snc3n2CCS3)c(F)cc1Cl. The number of terminal acetylenes is 1. The molecule has 0 bridgehead atoms. The zero-order valence-corrected chi connectivity index (χ0v) is 13.1. The van der Waals surface area contributed by atoms with Crippen LogP contribution >= 0.6 is 34.9 Å². The van der Waals surface area contributed by atoms with E-state index in [1.807, 2.05) is 4.57 Å². The third-order valence-corrected chi connectivity index (χ3v) is 4.85. The Labute approximate surface area is 133 Å². The summed E-state index contributed by atoms with van der Waals surface area (Å²) >= 11 is 8.82. The molecule has 4 nitrogen and oxygen atoms in total. The molecule has 0 aliphatic carbocycles. The molecule has 0 N–H and O–H groups in total. The fourth-order valence-electron chi connectivity index (χ4n) is 1.80. The lowest BCUT2D eigenvalue weighted by Gasteiger charge is -2.06. The van der Waals surface area contributed by atoms with Crippen molar-refractivity contribution in [3.05, 3.63) is 27.8 Å². The van der Waals surface area contributed by atoms with E-state index in [4.69, 9.17) is 22.8 Å². The first-order chi connectivity index (χ1) is 10.2. The van der Waals surface area contributed by atoms with Gasteiger partial charge in [-0.1, -0.05) is 29.3 Å². The molecule has 3 rings (SSSR count). The number of hydrogen-bond acceptors (Lipinski definition) is 5. The molecule has 0 atom stereocenters. The van der Waals surface area contributed by atoms with Gasteiger partial charge in [0.05, 0.1) is 5.02 Å². The Bertz CT molecular complexity index is 794. The van der Waals surface area contributed by atoms with E-state index in [0.717, 1.165) is 17.5 Å². The molecule has 0 saturated heterocycles. The maximum atomic E-state index is 14.0.